The molecule has 0 atom stereocenters. The molecule has 0 aromatic heterocycles. The fraction of sp³-hybridized carbons (Fsp3) is 1.00. The zero-order valence-corrected chi connectivity index (χ0v) is 27.9. The minimum Gasteiger partial charge on any atom is -0.105 e. The molecular weight excluding hydrogens is 503 g/mol. The Balaban J connectivity index is 3.02. The van der Waals surface area contributed by atoms with E-state index in [2.05, 4.69) is 6.92 Å². The summed E-state index contributed by atoms with van der Waals surface area (Å²) in [7, 11) is 0. The molecule has 0 radical (unpaired) electrons. The molecular formula is C36H72Cl2. The summed E-state index contributed by atoms with van der Waals surface area (Å²) in [6, 6.07) is 0. The van der Waals surface area contributed by atoms with Crippen molar-refractivity contribution in [1.82, 2.24) is 0 Å². The minimum absolute atomic E-state index is 0.159. The molecule has 230 valence electrons. The molecule has 0 aromatic carbocycles. The lowest BCUT2D eigenvalue weighted by Gasteiger charge is -2.05. The van der Waals surface area contributed by atoms with Crippen molar-refractivity contribution in [2.24, 2.45) is 0 Å². The van der Waals surface area contributed by atoms with E-state index < -0.39 is 0 Å². The van der Waals surface area contributed by atoms with Crippen LogP contribution in [0.4, 0.5) is 0 Å². The largest absolute Gasteiger partial charge is 0.107 e. The van der Waals surface area contributed by atoms with E-state index >= 15 is 0 Å². The standard InChI is InChI=1S/C36H72Cl2/c1-2-3-4-5-6-7-8-9-10-11-12-13-14-15-16-17-18-19-20-21-22-23-24-25-26-27-28-29-30-31-32-33-34-35-36(37)38/h36H,2-35H2,1H3. The Kier molecular flexibility index (Phi) is 36.2. The van der Waals surface area contributed by atoms with Gasteiger partial charge in [0.25, 0.3) is 0 Å². The second kappa shape index (κ2) is 35.6. The maximum absolute atomic E-state index is 5.77. The Labute approximate surface area is 252 Å². The first-order valence-electron chi connectivity index (χ1n) is 18.1. The van der Waals surface area contributed by atoms with Gasteiger partial charge in [-0.25, -0.2) is 0 Å². The van der Waals surface area contributed by atoms with Crippen LogP contribution in [0.2, 0.25) is 0 Å². The van der Waals surface area contributed by atoms with Crippen molar-refractivity contribution >= 4 is 23.2 Å². The highest BCUT2D eigenvalue weighted by Crippen LogP contribution is 2.17. The molecule has 0 aromatic rings. The first kappa shape index (κ1) is 38.6. The summed E-state index contributed by atoms with van der Waals surface area (Å²) in [5, 5.41) is 0. The van der Waals surface area contributed by atoms with Gasteiger partial charge in [-0.2, -0.15) is 0 Å². The van der Waals surface area contributed by atoms with Gasteiger partial charge in [0.1, 0.15) is 4.84 Å². The molecule has 0 fully saturated rings. The van der Waals surface area contributed by atoms with Crippen LogP contribution in [0.1, 0.15) is 225 Å². The second-order valence-corrected chi connectivity index (χ2v) is 13.8. The molecule has 0 saturated heterocycles. The SMILES string of the molecule is CCCCCCCCCCCCCCCCCCCCCCCCCCCCCCCCCCCC(Cl)Cl. The lowest BCUT2D eigenvalue weighted by molar-refractivity contribution is 0.511. The van der Waals surface area contributed by atoms with Crippen molar-refractivity contribution in [2.75, 3.05) is 0 Å². The van der Waals surface area contributed by atoms with Crippen molar-refractivity contribution in [3.63, 3.8) is 0 Å². The Morgan fingerprint density at radius 3 is 0.579 bits per heavy atom. The molecule has 0 rings (SSSR count). The van der Waals surface area contributed by atoms with E-state index in [-0.39, 0.29) is 4.84 Å². The van der Waals surface area contributed by atoms with Crippen molar-refractivity contribution in [1.29, 1.82) is 0 Å². The number of halogens is 2. The molecule has 0 aliphatic carbocycles. The first-order chi connectivity index (χ1) is 18.8. The van der Waals surface area contributed by atoms with Gasteiger partial charge < -0.3 is 0 Å². The maximum atomic E-state index is 5.77. The predicted molar refractivity (Wildman–Crippen MR) is 178 cm³/mol. The smallest absolute Gasteiger partial charge is 0.105 e. The van der Waals surface area contributed by atoms with E-state index in [1.807, 2.05) is 0 Å². The lowest BCUT2D eigenvalue weighted by Crippen LogP contribution is -1.87. The Morgan fingerprint density at radius 1 is 0.263 bits per heavy atom. The third kappa shape index (κ3) is 36.6. The van der Waals surface area contributed by atoms with Crippen LogP contribution >= 0.6 is 23.2 Å². The van der Waals surface area contributed by atoms with Crippen LogP contribution in [-0.4, -0.2) is 4.84 Å². The van der Waals surface area contributed by atoms with Gasteiger partial charge in [0, 0.05) is 0 Å². The Hall–Kier alpha value is 0.580. The molecule has 0 nitrogen and oxygen atoms in total. The first-order valence-corrected chi connectivity index (χ1v) is 18.9. The van der Waals surface area contributed by atoms with Gasteiger partial charge in [-0.3, -0.25) is 0 Å². The van der Waals surface area contributed by atoms with Gasteiger partial charge in [0.05, 0.1) is 0 Å². The fourth-order valence-electron chi connectivity index (χ4n) is 5.85. The van der Waals surface area contributed by atoms with Gasteiger partial charge >= 0.3 is 0 Å². The van der Waals surface area contributed by atoms with Crippen LogP contribution in [-0.2, 0) is 0 Å². The van der Waals surface area contributed by atoms with Gasteiger partial charge in [-0.05, 0) is 6.42 Å². The van der Waals surface area contributed by atoms with E-state index in [1.54, 1.807) is 0 Å². The summed E-state index contributed by atoms with van der Waals surface area (Å²) in [6.45, 7) is 2.31. The number of rotatable bonds is 34. The molecule has 0 N–H and O–H groups in total. The van der Waals surface area contributed by atoms with E-state index in [1.165, 1.54) is 212 Å². The predicted octanol–water partition coefficient (Wildman–Crippen LogP) is 15.1. The van der Waals surface area contributed by atoms with Crippen LogP contribution < -0.4 is 0 Å². The van der Waals surface area contributed by atoms with Gasteiger partial charge in [-0.1, -0.05) is 219 Å². The normalized spacial score (nSPS) is 11.7. The minimum atomic E-state index is -0.159. The third-order valence-electron chi connectivity index (χ3n) is 8.53. The molecule has 2 heteroatoms. The van der Waals surface area contributed by atoms with E-state index in [4.69, 9.17) is 23.2 Å². The summed E-state index contributed by atoms with van der Waals surface area (Å²) in [6.07, 6.45) is 48.9. The molecule has 0 saturated carbocycles. The summed E-state index contributed by atoms with van der Waals surface area (Å²) in [5.74, 6) is 0. The molecule has 0 heterocycles. The number of hydrogen-bond donors (Lipinski definition) is 0. The van der Waals surface area contributed by atoms with Crippen molar-refractivity contribution < 1.29 is 0 Å². The van der Waals surface area contributed by atoms with Crippen LogP contribution in [0.3, 0.4) is 0 Å². The van der Waals surface area contributed by atoms with E-state index in [0.29, 0.717) is 0 Å². The summed E-state index contributed by atoms with van der Waals surface area (Å²) in [4.78, 5) is -0.159. The average Bonchev–Trinajstić information content (AvgIpc) is 2.91. The van der Waals surface area contributed by atoms with Crippen LogP contribution in [0.15, 0.2) is 0 Å². The quantitative estimate of drug-likeness (QED) is 0.0529. The highest BCUT2D eigenvalue weighted by molar-refractivity contribution is 6.44. The molecule has 0 amide bonds. The van der Waals surface area contributed by atoms with Gasteiger partial charge in [-0.15, -0.1) is 23.2 Å². The summed E-state index contributed by atoms with van der Waals surface area (Å²) < 4.78 is 0. The number of unbranched alkanes of at least 4 members (excludes halogenated alkanes) is 32. The molecule has 0 unspecified atom stereocenters. The number of alkyl halides is 2. The molecule has 0 spiro atoms. The fourth-order valence-corrected chi connectivity index (χ4v) is 6.16. The van der Waals surface area contributed by atoms with Crippen molar-refractivity contribution in [3.05, 3.63) is 0 Å². The van der Waals surface area contributed by atoms with E-state index in [9.17, 15) is 0 Å². The zero-order valence-electron chi connectivity index (χ0n) is 26.4. The topological polar surface area (TPSA) is 0 Å². The third-order valence-corrected chi connectivity index (χ3v) is 8.96. The van der Waals surface area contributed by atoms with Crippen LogP contribution in [0.5, 0.6) is 0 Å². The van der Waals surface area contributed by atoms with E-state index in [0.717, 1.165) is 6.42 Å². The number of hydrogen-bond acceptors (Lipinski definition) is 0. The zero-order chi connectivity index (χ0) is 27.6. The lowest BCUT2D eigenvalue weighted by atomic mass is 10.0. The average molecular weight is 576 g/mol. The summed E-state index contributed by atoms with van der Waals surface area (Å²) in [5.41, 5.74) is 0. The highest BCUT2D eigenvalue weighted by Gasteiger charge is 1.99. The Bertz CT molecular complexity index is 395. The van der Waals surface area contributed by atoms with Crippen molar-refractivity contribution in [3.8, 4) is 0 Å². The van der Waals surface area contributed by atoms with Crippen LogP contribution in [0, 0.1) is 0 Å². The van der Waals surface area contributed by atoms with Crippen molar-refractivity contribution in [2.45, 2.75) is 230 Å². The second-order valence-electron chi connectivity index (χ2n) is 12.5. The molecule has 0 bridgehead atoms. The van der Waals surface area contributed by atoms with Crippen LogP contribution in [0.25, 0.3) is 0 Å². The molecule has 38 heavy (non-hydrogen) atoms. The Morgan fingerprint density at radius 2 is 0.421 bits per heavy atom. The molecule has 0 aliphatic rings. The monoisotopic (exact) mass is 575 g/mol. The van der Waals surface area contributed by atoms with Gasteiger partial charge in [0.15, 0.2) is 0 Å². The van der Waals surface area contributed by atoms with Gasteiger partial charge in [0.2, 0.25) is 0 Å². The summed E-state index contributed by atoms with van der Waals surface area (Å²) >= 11 is 11.5. The highest BCUT2D eigenvalue weighted by atomic mass is 35.5. The maximum Gasteiger partial charge on any atom is 0.107 e. The molecule has 0 aliphatic heterocycles.